The number of ether oxygens (including phenoxy) is 1. The van der Waals surface area contributed by atoms with E-state index < -0.39 is 22.5 Å². The van der Waals surface area contributed by atoms with Gasteiger partial charge in [0.05, 0.1) is 17.6 Å². The molecule has 0 spiro atoms. The molecule has 0 saturated heterocycles. The van der Waals surface area contributed by atoms with E-state index in [-0.39, 0.29) is 12.3 Å². The van der Waals surface area contributed by atoms with Gasteiger partial charge in [-0.3, -0.25) is 10.1 Å². The number of esters is 1. The van der Waals surface area contributed by atoms with Crippen LogP contribution in [-0.2, 0) is 9.53 Å². The normalized spacial score (nSPS) is 14.2. The van der Waals surface area contributed by atoms with Crippen molar-refractivity contribution in [3.63, 3.8) is 0 Å². The molecule has 0 unspecified atom stereocenters. The van der Waals surface area contributed by atoms with E-state index in [9.17, 15) is 20.0 Å². The summed E-state index contributed by atoms with van der Waals surface area (Å²) in [4.78, 5) is 22.6. The van der Waals surface area contributed by atoms with Crippen molar-refractivity contribution in [2.45, 2.75) is 25.5 Å². The van der Waals surface area contributed by atoms with Crippen LogP contribution in [0.4, 0.5) is 11.4 Å². The molecule has 2 atom stereocenters. The minimum Gasteiger partial charge on any atom is -0.464 e. The van der Waals surface area contributed by atoms with Crippen LogP contribution in [0, 0.1) is 10.1 Å². The molecule has 2 N–H and O–H groups in total. The number of hydrogen-bond donors (Lipinski definition) is 2. The Balaban J connectivity index is 2.41. The number of aliphatic hydroxyl groups is 1. The minimum atomic E-state index is -1.91. The maximum absolute atomic E-state index is 12.3. The third kappa shape index (κ3) is 4.50. The van der Waals surface area contributed by atoms with Gasteiger partial charge in [0, 0.05) is 22.8 Å². The summed E-state index contributed by atoms with van der Waals surface area (Å²) < 4.78 is 4.97. The third-order valence-corrected chi connectivity index (χ3v) is 4.10. The Morgan fingerprint density at radius 3 is 2.35 bits per heavy atom. The molecule has 2 rings (SSSR count). The molecular formula is C18H19ClN2O5. The van der Waals surface area contributed by atoms with Crippen molar-refractivity contribution < 1.29 is 19.6 Å². The second-order valence-electron chi connectivity index (χ2n) is 5.80. The van der Waals surface area contributed by atoms with Crippen LogP contribution in [0.3, 0.4) is 0 Å². The van der Waals surface area contributed by atoms with Gasteiger partial charge in [0.25, 0.3) is 5.69 Å². The van der Waals surface area contributed by atoms with Gasteiger partial charge in [0.15, 0.2) is 5.60 Å². The molecular weight excluding hydrogens is 360 g/mol. The maximum atomic E-state index is 12.3. The van der Waals surface area contributed by atoms with Crippen LogP contribution in [-0.4, -0.2) is 28.2 Å². The van der Waals surface area contributed by atoms with Gasteiger partial charge in [-0.2, -0.15) is 0 Å². The number of nitrogens with one attached hydrogen (secondary N) is 1. The Bertz CT molecular complexity index is 775. The Hall–Kier alpha value is -2.64. The predicted octanol–water partition coefficient (Wildman–Crippen LogP) is 3.72. The molecule has 2 aromatic rings. The number of benzene rings is 2. The van der Waals surface area contributed by atoms with Crippen LogP contribution in [0.15, 0.2) is 48.5 Å². The van der Waals surface area contributed by atoms with Crippen LogP contribution >= 0.6 is 11.6 Å². The van der Waals surface area contributed by atoms with Gasteiger partial charge in [-0.15, -0.1) is 0 Å². The number of halogens is 1. The highest BCUT2D eigenvalue weighted by Gasteiger charge is 2.42. The summed E-state index contributed by atoms with van der Waals surface area (Å²) in [5.74, 6) is -0.801. The maximum Gasteiger partial charge on any atom is 0.340 e. The van der Waals surface area contributed by atoms with E-state index >= 15 is 0 Å². The van der Waals surface area contributed by atoms with Crippen LogP contribution in [0.2, 0.25) is 5.02 Å². The number of carbonyl (C=O) groups is 1. The molecule has 26 heavy (non-hydrogen) atoms. The lowest BCUT2D eigenvalue weighted by atomic mass is 9.89. The topological polar surface area (TPSA) is 102 Å². The fourth-order valence-electron chi connectivity index (χ4n) is 2.44. The first kappa shape index (κ1) is 19.7. The standard InChI is InChI=1S/C18H19ClN2O5/c1-3-26-17(22)18(2,23)16(20-14-8-6-13(19)7-9-14)12-4-10-15(11-5-12)21(24)25/h4-11,16,20,23H,3H2,1-2H3/t16-,18+/m0/s1. The summed E-state index contributed by atoms with van der Waals surface area (Å²) in [6.07, 6.45) is 0. The van der Waals surface area contributed by atoms with Crippen molar-refractivity contribution in [1.29, 1.82) is 0 Å². The van der Waals surface area contributed by atoms with Crippen LogP contribution < -0.4 is 5.32 Å². The SMILES string of the molecule is CCOC(=O)[C@](C)(O)[C@@H](Nc1ccc(Cl)cc1)c1ccc([N+](=O)[O-])cc1. The van der Waals surface area contributed by atoms with E-state index in [0.29, 0.717) is 16.3 Å². The van der Waals surface area contributed by atoms with Crippen molar-refractivity contribution >= 4 is 28.9 Å². The fourth-order valence-corrected chi connectivity index (χ4v) is 2.57. The molecule has 0 aromatic heterocycles. The van der Waals surface area contributed by atoms with Gasteiger partial charge in [-0.1, -0.05) is 23.7 Å². The van der Waals surface area contributed by atoms with Crippen molar-refractivity contribution in [3.8, 4) is 0 Å². The van der Waals surface area contributed by atoms with E-state index in [1.54, 1.807) is 31.2 Å². The lowest BCUT2D eigenvalue weighted by Crippen LogP contribution is -2.46. The van der Waals surface area contributed by atoms with Gasteiger partial charge in [0.2, 0.25) is 0 Å². The van der Waals surface area contributed by atoms with Crippen LogP contribution in [0.5, 0.6) is 0 Å². The zero-order valence-corrected chi connectivity index (χ0v) is 15.1. The van der Waals surface area contributed by atoms with Gasteiger partial charge in [-0.25, -0.2) is 4.79 Å². The molecule has 0 bridgehead atoms. The summed E-state index contributed by atoms with van der Waals surface area (Å²) in [6.45, 7) is 3.09. The summed E-state index contributed by atoms with van der Waals surface area (Å²) in [7, 11) is 0. The minimum absolute atomic E-state index is 0.0882. The van der Waals surface area contributed by atoms with E-state index in [0.717, 1.165) is 0 Å². The Labute approximate surface area is 155 Å². The first-order chi connectivity index (χ1) is 12.3. The summed E-state index contributed by atoms with van der Waals surface area (Å²) in [6, 6.07) is 11.4. The molecule has 138 valence electrons. The molecule has 2 aromatic carbocycles. The fraction of sp³-hybridized carbons (Fsp3) is 0.278. The summed E-state index contributed by atoms with van der Waals surface area (Å²) in [5, 5.41) is 25.3. The molecule has 0 saturated carbocycles. The molecule has 0 heterocycles. The Morgan fingerprint density at radius 1 is 1.27 bits per heavy atom. The lowest BCUT2D eigenvalue weighted by Gasteiger charge is -2.32. The van der Waals surface area contributed by atoms with E-state index in [1.165, 1.54) is 31.2 Å². The molecule has 0 aliphatic carbocycles. The average molecular weight is 379 g/mol. The Morgan fingerprint density at radius 2 is 1.85 bits per heavy atom. The largest absolute Gasteiger partial charge is 0.464 e. The van der Waals surface area contributed by atoms with Crippen LogP contribution in [0.1, 0.15) is 25.5 Å². The number of carbonyl (C=O) groups excluding carboxylic acids is 1. The van der Waals surface area contributed by atoms with Gasteiger partial charge < -0.3 is 15.2 Å². The second kappa shape index (κ2) is 8.16. The van der Waals surface area contributed by atoms with Crippen molar-refractivity contribution in [3.05, 3.63) is 69.2 Å². The Kier molecular flexibility index (Phi) is 6.18. The summed E-state index contributed by atoms with van der Waals surface area (Å²) in [5.41, 5.74) is -0.896. The first-order valence-corrected chi connectivity index (χ1v) is 8.29. The number of anilines is 1. The highest BCUT2D eigenvalue weighted by Crippen LogP contribution is 2.32. The number of rotatable bonds is 7. The van der Waals surface area contributed by atoms with E-state index in [2.05, 4.69) is 5.32 Å². The zero-order chi connectivity index (χ0) is 19.3. The second-order valence-corrected chi connectivity index (χ2v) is 6.24. The molecule has 0 radical (unpaired) electrons. The average Bonchev–Trinajstić information content (AvgIpc) is 2.61. The molecule has 7 nitrogen and oxygen atoms in total. The lowest BCUT2D eigenvalue weighted by molar-refractivity contribution is -0.384. The highest BCUT2D eigenvalue weighted by atomic mass is 35.5. The number of nitrogens with zero attached hydrogens (tertiary/aromatic N) is 1. The number of nitro groups is 1. The zero-order valence-electron chi connectivity index (χ0n) is 14.3. The van der Waals surface area contributed by atoms with Gasteiger partial charge in [-0.05, 0) is 43.7 Å². The summed E-state index contributed by atoms with van der Waals surface area (Å²) >= 11 is 5.88. The first-order valence-electron chi connectivity index (χ1n) is 7.91. The number of nitro benzene ring substituents is 1. The quantitative estimate of drug-likeness (QED) is 0.432. The number of hydrogen-bond acceptors (Lipinski definition) is 6. The molecule has 0 aliphatic heterocycles. The molecule has 0 aliphatic rings. The molecule has 8 heteroatoms. The molecule has 0 amide bonds. The van der Waals surface area contributed by atoms with Crippen molar-refractivity contribution in [1.82, 2.24) is 0 Å². The monoisotopic (exact) mass is 378 g/mol. The van der Waals surface area contributed by atoms with Gasteiger partial charge in [0.1, 0.15) is 0 Å². The molecule has 0 fully saturated rings. The highest BCUT2D eigenvalue weighted by molar-refractivity contribution is 6.30. The van der Waals surface area contributed by atoms with E-state index in [4.69, 9.17) is 16.3 Å². The van der Waals surface area contributed by atoms with Crippen molar-refractivity contribution in [2.24, 2.45) is 0 Å². The van der Waals surface area contributed by atoms with Crippen molar-refractivity contribution in [2.75, 3.05) is 11.9 Å². The predicted molar refractivity (Wildman–Crippen MR) is 98.2 cm³/mol. The third-order valence-electron chi connectivity index (χ3n) is 3.84. The number of non-ortho nitro benzene ring substituents is 1. The van der Waals surface area contributed by atoms with Gasteiger partial charge >= 0.3 is 5.97 Å². The smallest absolute Gasteiger partial charge is 0.340 e. The van der Waals surface area contributed by atoms with Crippen LogP contribution in [0.25, 0.3) is 0 Å². The van der Waals surface area contributed by atoms with E-state index in [1.807, 2.05) is 0 Å².